The summed E-state index contributed by atoms with van der Waals surface area (Å²) in [5.41, 5.74) is 5.90. The van der Waals surface area contributed by atoms with Crippen molar-refractivity contribution >= 4 is 11.8 Å². The van der Waals surface area contributed by atoms with Crippen LogP contribution in [0.1, 0.15) is 39.0 Å². The first-order valence-corrected chi connectivity index (χ1v) is 6.86. The van der Waals surface area contributed by atoms with Crippen LogP contribution in [0.4, 0.5) is 0 Å². The third-order valence-electron chi connectivity index (χ3n) is 3.54. The van der Waals surface area contributed by atoms with E-state index in [4.69, 9.17) is 5.73 Å². The normalized spacial score (nSPS) is 21.5. The lowest BCUT2D eigenvalue weighted by atomic mass is 9.96. The van der Waals surface area contributed by atoms with Crippen molar-refractivity contribution in [1.29, 1.82) is 0 Å². The second kappa shape index (κ2) is 7.36. The molecule has 1 saturated heterocycles. The van der Waals surface area contributed by atoms with Gasteiger partial charge in [0, 0.05) is 20.1 Å². The molecule has 1 aliphatic heterocycles. The van der Waals surface area contributed by atoms with E-state index in [0.29, 0.717) is 6.54 Å². The highest BCUT2D eigenvalue weighted by molar-refractivity contribution is 5.83. The quantitative estimate of drug-likeness (QED) is 0.750. The Hall–Kier alpha value is -1.10. The van der Waals surface area contributed by atoms with Gasteiger partial charge in [0.05, 0.1) is 12.0 Å². The Labute approximate surface area is 109 Å². The lowest BCUT2D eigenvalue weighted by Crippen LogP contribution is -2.50. The van der Waals surface area contributed by atoms with E-state index in [0.717, 1.165) is 38.6 Å². The maximum atomic E-state index is 12.1. The van der Waals surface area contributed by atoms with Gasteiger partial charge in [-0.05, 0) is 19.3 Å². The van der Waals surface area contributed by atoms with E-state index in [-0.39, 0.29) is 17.7 Å². The Morgan fingerprint density at radius 1 is 1.50 bits per heavy atom. The number of nitrogens with one attached hydrogen (secondary N) is 1. The number of carbonyl (C=O) groups excluding carboxylic acids is 2. The Kier molecular flexibility index (Phi) is 6.12. The molecule has 2 atom stereocenters. The molecule has 1 aliphatic rings. The van der Waals surface area contributed by atoms with Gasteiger partial charge in [-0.25, -0.2) is 0 Å². The van der Waals surface area contributed by atoms with E-state index in [1.54, 1.807) is 11.9 Å². The Bertz CT molecular complexity index is 294. The van der Waals surface area contributed by atoms with E-state index in [1.807, 2.05) is 0 Å². The third-order valence-corrected chi connectivity index (χ3v) is 3.54. The van der Waals surface area contributed by atoms with Gasteiger partial charge in [-0.1, -0.05) is 19.8 Å². The van der Waals surface area contributed by atoms with Crippen LogP contribution in [-0.4, -0.2) is 42.9 Å². The number of rotatable bonds is 5. The van der Waals surface area contributed by atoms with Crippen molar-refractivity contribution in [2.75, 3.05) is 20.1 Å². The summed E-state index contributed by atoms with van der Waals surface area (Å²) in [5.74, 6) is -0.0576. The molecule has 0 bridgehead atoms. The molecule has 0 aromatic carbocycles. The van der Waals surface area contributed by atoms with Gasteiger partial charge < -0.3 is 16.0 Å². The summed E-state index contributed by atoms with van der Waals surface area (Å²) in [6.07, 6.45) is 4.48. The Morgan fingerprint density at radius 2 is 2.22 bits per heavy atom. The van der Waals surface area contributed by atoms with E-state index in [2.05, 4.69) is 12.2 Å². The summed E-state index contributed by atoms with van der Waals surface area (Å²) < 4.78 is 0. The fourth-order valence-electron chi connectivity index (χ4n) is 2.38. The van der Waals surface area contributed by atoms with Gasteiger partial charge in [0.1, 0.15) is 0 Å². The van der Waals surface area contributed by atoms with Crippen LogP contribution < -0.4 is 11.1 Å². The Balaban J connectivity index is 2.50. The molecule has 0 spiro atoms. The molecular weight excluding hydrogens is 230 g/mol. The van der Waals surface area contributed by atoms with Crippen molar-refractivity contribution in [3.8, 4) is 0 Å². The number of carbonyl (C=O) groups is 2. The SMILES string of the molecule is CCCCC(N)C(=O)N1CCCC(C(=O)NC)C1. The van der Waals surface area contributed by atoms with Crippen LogP contribution in [0.2, 0.25) is 0 Å². The molecule has 5 heteroatoms. The number of unbranched alkanes of at least 4 members (excludes halogenated alkanes) is 1. The van der Waals surface area contributed by atoms with Gasteiger partial charge in [-0.15, -0.1) is 0 Å². The summed E-state index contributed by atoms with van der Waals surface area (Å²) in [6.45, 7) is 3.32. The van der Waals surface area contributed by atoms with Gasteiger partial charge in [0.2, 0.25) is 11.8 Å². The lowest BCUT2D eigenvalue weighted by molar-refractivity contribution is -0.136. The molecule has 0 saturated carbocycles. The molecule has 0 radical (unpaired) electrons. The summed E-state index contributed by atoms with van der Waals surface area (Å²) in [6, 6.07) is -0.409. The molecule has 5 nitrogen and oxygen atoms in total. The zero-order valence-electron chi connectivity index (χ0n) is 11.4. The summed E-state index contributed by atoms with van der Waals surface area (Å²) >= 11 is 0. The van der Waals surface area contributed by atoms with Gasteiger partial charge in [-0.2, -0.15) is 0 Å². The van der Waals surface area contributed by atoms with Crippen LogP contribution in [0.25, 0.3) is 0 Å². The van der Waals surface area contributed by atoms with Crippen LogP contribution >= 0.6 is 0 Å². The molecule has 2 amide bonds. The molecule has 1 rings (SSSR count). The molecule has 18 heavy (non-hydrogen) atoms. The molecular formula is C13H25N3O2. The van der Waals surface area contributed by atoms with Crippen LogP contribution in [-0.2, 0) is 9.59 Å². The number of piperidine rings is 1. The average molecular weight is 255 g/mol. The molecule has 2 unspecified atom stereocenters. The largest absolute Gasteiger partial charge is 0.359 e. The number of nitrogens with zero attached hydrogens (tertiary/aromatic N) is 1. The van der Waals surface area contributed by atoms with Crippen LogP contribution in [0, 0.1) is 5.92 Å². The first kappa shape index (κ1) is 15.0. The summed E-state index contributed by atoms with van der Waals surface area (Å²) in [7, 11) is 1.64. The van der Waals surface area contributed by atoms with Crippen LogP contribution in [0.3, 0.4) is 0 Å². The van der Waals surface area contributed by atoms with Gasteiger partial charge in [0.25, 0.3) is 0 Å². The van der Waals surface area contributed by atoms with Crippen molar-refractivity contribution in [2.45, 2.75) is 45.1 Å². The summed E-state index contributed by atoms with van der Waals surface area (Å²) in [5, 5.41) is 2.65. The maximum absolute atomic E-state index is 12.1. The first-order valence-electron chi connectivity index (χ1n) is 6.86. The van der Waals surface area contributed by atoms with Crippen molar-refractivity contribution in [1.82, 2.24) is 10.2 Å². The smallest absolute Gasteiger partial charge is 0.239 e. The van der Waals surface area contributed by atoms with Crippen LogP contribution in [0.15, 0.2) is 0 Å². The molecule has 0 aromatic rings. The summed E-state index contributed by atoms with van der Waals surface area (Å²) in [4.78, 5) is 25.5. The molecule has 3 N–H and O–H groups in total. The first-order chi connectivity index (χ1) is 8.60. The van der Waals surface area contributed by atoms with Crippen molar-refractivity contribution < 1.29 is 9.59 Å². The minimum Gasteiger partial charge on any atom is -0.359 e. The highest BCUT2D eigenvalue weighted by atomic mass is 16.2. The molecule has 104 valence electrons. The molecule has 1 heterocycles. The highest BCUT2D eigenvalue weighted by Gasteiger charge is 2.29. The second-order valence-corrected chi connectivity index (χ2v) is 4.99. The molecule has 1 fully saturated rings. The number of amides is 2. The predicted molar refractivity (Wildman–Crippen MR) is 70.9 cm³/mol. The second-order valence-electron chi connectivity index (χ2n) is 4.99. The zero-order valence-corrected chi connectivity index (χ0v) is 11.4. The van der Waals surface area contributed by atoms with Gasteiger partial charge >= 0.3 is 0 Å². The fourth-order valence-corrected chi connectivity index (χ4v) is 2.38. The Morgan fingerprint density at radius 3 is 2.83 bits per heavy atom. The van der Waals surface area contributed by atoms with E-state index < -0.39 is 6.04 Å². The van der Waals surface area contributed by atoms with Crippen molar-refractivity contribution in [2.24, 2.45) is 11.7 Å². The number of likely N-dealkylation sites (tertiary alicyclic amines) is 1. The minimum absolute atomic E-state index is 0.00273. The van der Waals surface area contributed by atoms with E-state index >= 15 is 0 Å². The van der Waals surface area contributed by atoms with Gasteiger partial charge in [0.15, 0.2) is 0 Å². The maximum Gasteiger partial charge on any atom is 0.239 e. The third kappa shape index (κ3) is 3.98. The van der Waals surface area contributed by atoms with E-state index in [9.17, 15) is 9.59 Å². The van der Waals surface area contributed by atoms with Crippen molar-refractivity contribution in [3.63, 3.8) is 0 Å². The van der Waals surface area contributed by atoms with Crippen LogP contribution in [0.5, 0.6) is 0 Å². The average Bonchev–Trinajstić information content (AvgIpc) is 2.43. The topological polar surface area (TPSA) is 75.4 Å². The number of hydrogen-bond donors (Lipinski definition) is 2. The monoisotopic (exact) mass is 255 g/mol. The van der Waals surface area contributed by atoms with E-state index in [1.165, 1.54) is 0 Å². The number of nitrogens with two attached hydrogens (primary N) is 1. The molecule has 0 aliphatic carbocycles. The predicted octanol–water partition coefficient (Wildman–Crippen LogP) is 0.489. The minimum atomic E-state index is -0.409. The fraction of sp³-hybridized carbons (Fsp3) is 0.846. The standard InChI is InChI=1S/C13H25N3O2/c1-3-4-7-11(14)13(18)16-8-5-6-10(9-16)12(17)15-2/h10-11H,3-9,14H2,1-2H3,(H,15,17). The lowest BCUT2D eigenvalue weighted by Gasteiger charge is -2.33. The zero-order chi connectivity index (χ0) is 13.5. The molecule has 0 aromatic heterocycles. The highest BCUT2D eigenvalue weighted by Crippen LogP contribution is 2.17. The van der Waals surface area contributed by atoms with Crippen molar-refractivity contribution in [3.05, 3.63) is 0 Å². The number of hydrogen-bond acceptors (Lipinski definition) is 3. The van der Waals surface area contributed by atoms with Gasteiger partial charge in [-0.3, -0.25) is 9.59 Å².